The maximum Gasteiger partial charge on any atom is 0.0516 e. The normalized spacial score (nSPS) is 21.1. The molecule has 0 spiro atoms. The van der Waals surface area contributed by atoms with Gasteiger partial charge in [-0.2, -0.15) is 0 Å². The Bertz CT molecular complexity index is 395. The van der Waals surface area contributed by atoms with Crippen molar-refractivity contribution in [2.24, 2.45) is 0 Å². The van der Waals surface area contributed by atoms with E-state index in [4.69, 9.17) is 0 Å². The zero-order chi connectivity index (χ0) is 9.97. The summed E-state index contributed by atoms with van der Waals surface area (Å²) in [5.74, 6) is 0. The van der Waals surface area contributed by atoms with Gasteiger partial charge in [0.15, 0.2) is 0 Å². The second-order valence-corrected chi connectivity index (χ2v) is 11.2. The molecule has 14 heavy (non-hydrogen) atoms. The molecule has 0 bridgehead atoms. The molecule has 4 heteroatoms. The van der Waals surface area contributed by atoms with Crippen molar-refractivity contribution < 1.29 is 0 Å². The summed E-state index contributed by atoms with van der Waals surface area (Å²) in [6.45, 7) is 0.332. The quantitative estimate of drug-likeness (QED) is 0.405. The van der Waals surface area contributed by atoms with E-state index in [0.717, 1.165) is 0 Å². The molecule has 0 fully saturated rings. The molecule has 0 radical (unpaired) electrons. The molecule has 0 nitrogen and oxygen atoms in total. The molecular weight excluding hydrogens is 343 g/mol. The van der Waals surface area contributed by atoms with Gasteiger partial charge in [0.2, 0.25) is 0 Å². The second-order valence-electron chi connectivity index (χ2n) is 2.70. The van der Waals surface area contributed by atoms with E-state index >= 15 is 0 Å². The molecule has 1 aromatic carbocycles. The molecule has 0 aromatic heterocycles. The third kappa shape index (κ3) is 2.40. The van der Waals surface area contributed by atoms with Gasteiger partial charge in [0.25, 0.3) is 0 Å². The van der Waals surface area contributed by atoms with E-state index in [2.05, 4.69) is 63.9 Å². The van der Waals surface area contributed by atoms with Crippen molar-refractivity contribution in [1.82, 2.24) is 0 Å². The van der Waals surface area contributed by atoms with Gasteiger partial charge in [-0.15, -0.1) is 11.8 Å². The molecule has 0 N–H and O–H groups in total. The molecule has 0 saturated heterocycles. The van der Waals surface area contributed by atoms with Gasteiger partial charge in [0.1, 0.15) is 0 Å². The van der Waals surface area contributed by atoms with E-state index in [0.29, 0.717) is 6.69 Å². The number of halogens is 1. The van der Waals surface area contributed by atoms with Crippen molar-refractivity contribution >= 4 is 59.6 Å². The largest absolute Gasteiger partial charge is 0.122 e. The van der Waals surface area contributed by atoms with Crippen LogP contribution in [0.4, 0.5) is 0 Å². The van der Waals surface area contributed by atoms with Gasteiger partial charge in [-0.05, 0) is 24.6 Å². The minimum atomic E-state index is 0.332. The summed E-state index contributed by atoms with van der Waals surface area (Å²) in [4.78, 5) is 1.41. The number of rotatable bonds is 1. The summed E-state index contributed by atoms with van der Waals surface area (Å²) in [5, 5.41) is 0. The number of thioether (sulfide) groups is 1. The lowest BCUT2D eigenvalue weighted by Gasteiger charge is -1.99. The van der Waals surface area contributed by atoms with E-state index < -0.39 is 0 Å². The Balaban J connectivity index is 2.27. The van der Waals surface area contributed by atoms with Crippen LogP contribution < -0.4 is 0 Å². The van der Waals surface area contributed by atoms with Crippen LogP contribution in [0.15, 0.2) is 36.4 Å². The first-order valence-electron chi connectivity index (χ1n) is 4.08. The van der Waals surface area contributed by atoms with Crippen LogP contribution >= 0.6 is 50.4 Å². The molecule has 1 unspecified atom stereocenters. The monoisotopic (exact) mass is 352 g/mol. The Morgan fingerprint density at radius 2 is 2.00 bits per heavy atom. The first-order chi connectivity index (χ1) is 6.81. The smallest absolute Gasteiger partial charge is 0.0516 e. The Hall–Kier alpha value is 0.610. The third-order valence-electron chi connectivity index (χ3n) is 1.83. The molecule has 1 atom stereocenters. The molecule has 0 amide bonds. The van der Waals surface area contributed by atoms with Gasteiger partial charge in [-0.1, -0.05) is 41.1 Å². The lowest BCUT2D eigenvalue weighted by atomic mass is 10.2. The van der Waals surface area contributed by atoms with Crippen molar-refractivity contribution in [2.45, 2.75) is 0 Å². The summed E-state index contributed by atoms with van der Waals surface area (Å²) >= 11 is 4.38. The van der Waals surface area contributed by atoms with Gasteiger partial charge < -0.3 is 0 Å². The van der Waals surface area contributed by atoms with Crippen molar-refractivity contribution in [1.29, 1.82) is 0 Å². The Morgan fingerprint density at radius 1 is 1.29 bits per heavy atom. The number of hydrogen-bond acceptors (Lipinski definition) is 2. The molecule has 1 aliphatic heterocycles. The molecule has 0 saturated carbocycles. The van der Waals surface area contributed by atoms with Crippen LogP contribution in [-0.2, 0) is 0 Å². The summed E-state index contributed by atoms with van der Waals surface area (Å²) in [5.41, 5.74) is 1.34. The first kappa shape index (κ1) is 11.1. The maximum atomic E-state index is 2.52. The fourth-order valence-electron chi connectivity index (χ4n) is 1.16. The lowest BCUT2D eigenvalue weighted by molar-refractivity contribution is 1.66. The number of hydrogen-bond donors (Lipinski definition) is 0. The third-order valence-corrected chi connectivity index (χ3v) is 10.2. The Morgan fingerprint density at radius 3 is 2.57 bits per heavy atom. The predicted octanol–water partition coefficient (Wildman–Crippen LogP) is 4.80. The standard InChI is InChI=1S/C10H9IS3/c1-12-10-7-9(13-14(10)11)8-5-3-2-4-6-8/h2-7H,1H3. The zero-order valence-electron chi connectivity index (χ0n) is 7.57. The van der Waals surface area contributed by atoms with Gasteiger partial charge >= 0.3 is 0 Å². The molecular formula is C10H9IS3. The van der Waals surface area contributed by atoms with Crippen LogP contribution in [-0.4, -0.2) is 10.5 Å². The summed E-state index contributed by atoms with van der Waals surface area (Å²) in [6.07, 6.45) is 4.47. The van der Waals surface area contributed by atoms with E-state index in [1.807, 2.05) is 22.6 Å². The maximum absolute atomic E-state index is 2.52. The van der Waals surface area contributed by atoms with Gasteiger partial charge in [0, 0.05) is 26.1 Å². The van der Waals surface area contributed by atoms with Gasteiger partial charge in [-0.3, -0.25) is 0 Å². The van der Waals surface area contributed by atoms with Crippen LogP contribution in [0.5, 0.6) is 0 Å². The Labute approximate surface area is 107 Å². The van der Waals surface area contributed by atoms with E-state index in [-0.39, 0.29) is 0 Å². The minimum Gasteiger partial charge on any atom is -0.122 e. The van der Waals surface area contributed by atoms with Crippen LogP contribution in [0.3, 0.4) is 0 Å². The Kier molecular flexibility index (Phi) is 4.04. The number of benzene rings is 1. The summed E-state index contributed by atoms with van der Waals surface area (Å²) in [6, 6.07) is 10.6. The fraction of sp³-hybridized carbons (Fsp3) is 0.100. The highest BCUT2D eigenvalue weighted by Gasteiger charge is 2.14. The van der Waals surface area contributed by atoms with Crippen molar-refractivity contribution in [3.05, 3.63) is 42.0 Å². The van der Waals surface area contributed by atoms with Crippen molar-refractivity contribution in [2.75, 3.05) is 6.26 Å². The predicted molar refractivity (Wildman–Crippen MR) is 82.1 cm³/mol. The molecule has 74 valence electrons. The second kappa shape index (κ2) is 5.09. The fourth-order valence-corrected chi connectivity index (χ4v) is 8.87. The SMILES string of the molecule is CSC1=S(I)SC(c2ccccc2)=C1. The van der Waals surface area contributed by atoms with Crippen molar-refractivity contribution in [3.63, 3.8) is 0 Å². The molecule has 0 aliphatic carbocycles. The molecule has 1 aliphatic rings. The molecule has 1 aromatic rings. The average molecular weight is 352 g/mol. The van der Waals surface area contributed by atoms with E-state index in [1.54, 1.807) is 0 Å². The lowest BCUT2D eigenvalue weighted by Crippen LogP contribution is -1.79. The summed E-state index contributed by atoms with van der Waals surface area (Å²) in [7, 11) is 1.97. The van der Waals surface area contributed by atoms with Crippen molar-refractivity contribution in [3.8, 4) is 0 Å². The zero-order valence-corrected chi connectivity index (χ0v) is 12.2. The van der Waals surface area contributed by atoms with Crippen LogP contribution in [0.1, 0.15) is 5.56 Å². The van der Waals surface area contributed by atoms with E-state index in [1.165, 1.54) is 14.7 Å². The summed E-state index contributed by atoms with van der Waals surface area (Å²) < 4.78 is 1.49. The van der Waals surface area contributed by atoms with Gasteiger partial charge in [0.05, 0.1) is 4.20 Å². The average Bonchev–Trinajstić information content (AvgIpc) is 2.61. The van der Waals surface area contributed by atoms with Crippen LogP contribution in [0.2, 0.25) is 0 Å². The van der Waals surface area contributed by atoms with Crippen LogP contribution in [0, 0.1) is 0 Å². The van der Waals surface area contributed by atoms with Crippen LogP contribution in [0.25, 0.3) is 4.91 Å². The van der Waals surface area contributed by atoms with Gasteiger partial charge in [-0.25, -0.2) is 0 Å². The highest BCUT2D eigenvalue weighted by atomic mass is 127. The minimum absolute atomic E-state index is 0.332. The van der Waals surface area contributed by atoms with E-state index in [9.17, 15) is 0 Å². The molecule has 1 heterocycles. The molecule has 2 rings (SSSR count). The highest BCUT2D eigenvalue weighted by molar-refractivity contribution is 14.2. The topological polar surface area (TPSA) is 0 Å². The first-order valence-corrected chi connectivity index (χ1v) is 10.4. The highest BCUT2D eigenvalue weighted by Crippen LogP contribution is 2.54.